The Bertz CT molecular complexity index is 276. The molecule has 1 unspecified atom stereocenters. The zero-order valence-corrected chi connectivity index (χ0v) is 11.3. The fourth-order valence-electron chi connectivity index (χ4n) is 3.13. The average molecular weight is 238 g/mol. The third kappa shape index (κ3) is 3.01. The van der Waals surface area contributed by atoms with E-state index in [4.69, 9.17) is 0 Å². The van der Waals surface area contributed by atoms with Gasteiger partial charge >= 0.3 is 0 Å². The Morgan fingerprint density at radius 2 is 1.76 bits per heavy atom. The molecule has 1 atom stereocenters. The molecule has 2 rings (SSSR count). The second kappa shape index (κ2) is 4.97. The van der Waals surface area contributed by atoms with Crippen LogP contribution in [0.2, 0.25) is 0 Å². The summed E-state index contributed by atoms with van der Waals surface area (Å²) in [6.07, 6.45) is 8.24. The van der Waals surface area contributed by atoms with E-state index in [2.05, 4.69) is 24.5 Å². The summed E-state index contributed by atoms with van der Waals surface area (Å²) in [4.78, 5) is 12.4. The van der Waals surface area contributed by atoms with Gasteiger partial charge in [-0.2, -0.15) is 0 Å². The Labute approximate surface area is 105 Å². The van der Waals surface area contributed by atoms with Crippen molar-refractivity contribution in [3.05, 3.63) is 0 Å². The summed E-state index contributed by atoms with van der Waals surface area (Å²) in [7, 11) is 0. The van der Waals surface area contributed by atoms with E-state index in [0.29, 0.717) is 0 Å². The number of amides is 1. The van der Waals surface area contributed by atoms with E-state index in [1.165, 1.54) is 19.3 Å². The first-order chi connectivity index (χ1) is 8.04. The van der Waals surface area contributed by atoms with E-state index in [1.807, 2.05) is 0 Å². The number of carbonyl (C=O) groups excluding carboxylic acids is 1. The maximum absolute atomic E-state index is 12.4. The van der Waals surface area contributed by atoms with Gasteiger partial charge in [0.05, 0.1) is 5.41 Å². The predicted octanol–water partition coefficient (Wildman–Crippen LogP) is 2.22. The van der Waals surface area contributed by atoms with Crippen LogP contribution in [0.4, 0.5) is 0 Å². The van der Waals surface area contributed by atoms with E-state index >= 15 is 0 Å². The highest BCUT2D eigenvalue weighted by Crippen LogP contribution is 2.31. The Morgan fingerprint density at radius 1 is 1.06 bits per heavy atom. The molecule has 3 heteroatoms. The molecule has 0 bridgehead atoms. The quantitative estimate of drug-likeness (QED) is 0.774. The third-order valence-corrected chi connectivity index (χ3v) is 4.52. The van der Waals surface area contributed by atoms with Crippen molar-refractivity contribution in [1.29, 1.82) is 0 Å². The summed E-state index contributed by atoms with van der Waals surface area (Å²) >= 11 is 0. The number of carbonyl (C=O) groups is 1. The molecule has 0 aromatic rings. The second-order valence-corrected chi connectivity index (χ2v) is 6.42. The molecule has 0 aromatic heterocycles. The van der Waals surface area contributed by atoms with Crippen molar-refractivity contribution in [2.24, 2.45) is 5.41 Å². The molecule has 2 aliphatic rings. The molecule has 1 saturated heterocycles. The van der Waals surface area contributed by atoms with Gasteiger partial charge in [-0.15, -0.1) is 0 Å². The minimum absolute atomic E-state index is 0.0514. The molecule has 1 heterocycles. The molecule has 98 valence electrons. The summed E-state index contributed by atoms with van der Waals surface area (Å²) in [5, 5.41) is 6.67. The van der Waals surface area contributed by atoms with Gasteiger partial charge in [0.25, 0.3) is 0 Å². The molecular formula is C14H26N2O. The van der Waals surface area contributed by atoms with Gasteiger partial charge in [0.15, 0.2) is 0 Å². The van der Waals surface area contributed by atoms with Crippen molar-refractivity contribution in [3.8, 4) is 0 Å². The molecule has 1 saturated carbocycles. The van der Waals surface area contributed by atoms with E-state index in [9.17, 15) is 4.79 Å². The highest BCUT2D eigenvalue weighted by molar-refractivity contribution is 5.83. The Balaban J connectivity index is 1.95. The van der Waals surface area contributed by atoms with Crippen molar-refractivity contribution in [2.45, 2.75) is 64.3 Å². The van der Waals surface area contributed by atoms with Gasteiger partial charge in [-0.25, -0.2) is 0 Å². The van der Waals surface area contributed by atoms with Crippen LogP contribution in [-0.2, 0) is 4.79 Å². The monoisotopic (exact) mass is 238 g/mol. The minimum atomic E-state index is -0.196. The molecule has 0 aromatic carbocycles. The highest BCUT2D eigenvalue weighted by Gasteiger charge is 2.38. The number of hydrogen-bond donors (Lipinski definition) is 2. The van der Waals surface area contributed by atoms with Crippen molar-refractivity contribution < 1.29 is 4.79 Å². The lowest BCUT2D eigenvalue weighted by Gasteiger charge is -2.40. The van der Waals surface area contributed by atoms with Crippen LogP contribution in [0.15, 0.2) is 0 Å². The number of piperidine rings is 1. The minimum Gasteiger partial charge on any atom is -0.350 e. The van der Waals surface area contributed by atoms with Crippen LogP contribution in [0.5, 0.6) is 0 Å². The molecule has 0 radical (unpaired) electrons. The summed E-state index contributed by atoms with van der Waals surface area (Å²) in [6, 6.07) is 0. The van der Waals surface area contributed by atoms with Gasteiger partial charge in [0, 0.05) is 12.1 Å². The molecule has 3 nitrogen and oxygen atoms in total. The van der Waals surface area contributed by atoms with Crippen molar-refractivity contribution >= 4 is 5.91 Å². The lowest BCUT2D eigenvalue weighted by atomic mass is 9.78. The number of hydrogen-bond acceptors (Lipinski definition) is 2. The Kier molecular flexibility index (Phi) is 3.76. The van der Waals surface area contributed by atoms with E-state index in [0.717, 1.165) is 38.8 Å². The van der Waals surface area contributed by atoms with Crippen molar-refractivity contribution in [1.82, 2.24) is 10.6 Å². The first-order valence-corrected chi connectivity index (χ1v) is 7.08. The van der Waals surface area contributed by atoms with Crippen LogP contribution >= 0.6 is 0 Å². The van der Waals surface area contributed by atoms with E-state index < -0.39 is 0 Å². The Morgan fingerprint density at radius 3 is 2.35 bits per heavy atom. The average Bonchev–Trinajstić information content (AvgIpc) is 2.30. The Hall–Kier alpha value is -0.570. The van der Waals surface area contributed by atoms with Crippen molar-refractivity contribution in [3.63, 3.8) is 0 Å². The zero-order chi connectivity index (χ0) is 12.4. The first kappa shape index (κ1) is 12.9. The van der Waals surface area contributed by atoms with Gasteiger partial charge < -0.3 is 10.6 Å². The number of rotatable bonds is 2. The predicted molar refractivity (Wildman–Crippen MR) is 69.8 cm³/mol. The molecule has 1 amide bonds. The van der Waals surface area contributed by atoms with Crippen LogP contribution in [0.25, 0.3) is 0 Å². The van der Waals surface area contributed by atoms with Gasteiger partial charge in [-0.1, -0.05) is 19.3 Å². The topological polar surface area (TPSA) is 41.1 Å². The summed E-state index contributed by atoms with van der Waals surface area (Å²) in [6.45, 7) is 6.19. The fraction of sp³-hybridized carbons (Fsp3) is 0.929. The standard InChI is InChI=1S/C14H26N2O/c1-13(7-6-10-15-11-13)12(17)16-14(2)8-4-3-5-9-14/h15H,3-11H2,1-2H3,(H,16,17). The van der Waals surface area contributed by atoms with Gasteiger partial charge in [0.2, 0.25) is 5.91 Å². The third-order valence-electron chi connectivity index (χ3n) is 4.52. The van der Waals surface area contributed by atoms with E-state index in [-0.39, 0.29) is 16.9 Å². The van der Waals surface area contributed by atoms with Gasteiger partial charge in [-0.3, -0.25) is 4.79 Å². The van der Waals surface area contributed by atoms with Gasteiger partial charge in [0.1, 0.15) is 0 Å². The molecule has 0 spiro atoms. The largest absolute Gasteiger partial charge is 0.350 e. The normalized spacial score (nSPS) is 33.1. The van der Waals surface area contributed by atoms with Crippen molar-refractivity contribution in [2.75, 3.05) is 13.1 Å². The maximum Gasteiger partial charge on any atom is 0.227 e. The molecule has 17 heavy (non-hydrogen) atoms. The molecule has 2 fully saturated rings. The zero-order valence-electron chi connectivity index (χ0n) is 11.3. The summed E-state index contributed by atoms with van der Waals surface area (Å²) in [5.74, 6) is 0.258. The lowest BCUT2D eigenvalue weighted by molar-refractivity contribution is -0.133. The molecule has 1 aliphatic carbocycles. The summed E-state index contributed by atoms with van der Waals surface area (Å²) < 4.78 is 0. The SMILES string of the molecule is CC1(NC(=O)C2(C)CCCNC2)CCCCC1. The fourth-order valence-corrected chi connectivity index (χ4v) is 3.13. The van der Waals surface area contributed by atoms with Crippen LogP contribution in [-0.4, -0.2) is 24.5 Å². The second-order valence-electron chi connectivity index (χ2n) is 6.42. The van der Waals surface area contributed by atoms with Crippen LogP contribution in [0, 0.1) is 5.41 Å². The smallest absolute Gasteiger partial charge is 0.227 e. The molecule has 1 aliphatic heterocycles. The number of nitrogens with one attached hydrogen (secondary N) is 2. The summed E-state index contributed by atoms with van der Waals surface area (Å²) in [5.41, 5.74) is -0.144. The van der Waals surface area contributed by atoms with Crippen LogP contribution in [0.1, 0.15) is 58.8 Å². The maximum atomic E-state index is 12.4. The molecular weight excluding hydrogens is 212 g/mol. The molecule has 2 N–H and O–H groups in total. The van der Waals surface area contributed by atoms with Crippen LogP contribution < -0.4 is 10.6 Å². The lowest BCUT2D eigenvalue weighted by Crippen LogP contribution is -2.55. The van der Waals surface area contributed by atoms with Gasteiger partial charge in [-0.05, 0) is 46.1 Å². The van der Waals surface area contributed by atoms with Crippen LogP contribution in [0.3, 0.4) is 0 Å². The highest BCUT2D eigenvalue weighted by atomic mass is 16.2. The van der Waals surface area contributed by atoms with E-state index in [1.54, 1.807) is 0 Å². The first-order valence-electron chi connectivity index (χ1n) is 7.08.